The first-order valence-corrected chi connectivity index (χ1v) is 9.10. The summed E-state index contributed by atoms with van der Waals surface area (Å²) in [4.78, 5) is 12.3. The molecule has 1 atom stereocenters. The van der Waals surface area contributed by atoms with Gasteiger partial charge in [-0.1, -0.05) is 71.8 Å². The standard InChI is InChI=1S/C22H20ClFN2O/c1-15-7-9-17(10-8-15)22(16-5-3-2-4-6-16)25-14-21(27)26-20-13-18(23)11-12-19(20)24/h2-13,22,25H,14H2,1H3,(H,26,27)/p+1/t22-/m1/s1. The summed E-state index contributed by atoms with van der Waals surface area (Å²) in [6.45, 7) is 2.19. The largest absolute Gasteiger partial charge is 0.328 e. The molecule has 27 heavy (non-hydrogen) atoms. The van der Waals surface area contributed by atoms with Gasteiger partial charge in [0.25, 0.3) is 5.91 Å². The quantitative estimate of drug-likeness (QED) is 0.662. The van der Waals surface area contributed by atoms with Crippen LogP contribution in [0.5, 0.6) is 0 Å². The van der Waals surface area contributed by atoms with Crippen molar-refractivity contribution in [3.05, 3.63) is 100 Å². The first-order valence-electron chi connectivity index (χ1n) is 8.72. The van der Waals surface area contributed by atoms with Gasteiger partial charge in [-0.2, -0.15) is 0 Å². The molecular formula is C22H21ClFN2O+. The molecule has 5 heteroatoms. The number of carbonyl (C=O) groups is 1. The van der Waals surface area contributed by atoms with E-state index in [4.69, 9.17) is 11.6 Å². The molecule has 0 aliphatic rings. The predicted octanol–water partition coefficient (Wildman–Crippen LogP) is 4.08. The lowest BCUT2D eigenvalue weighted by Gasteiger charge is -2.17. The number of amides is 1. The third-order valence-corrected chi connectivity index (χ3v) is 4.57. The number of aryl methyl sites for hydroxylation is 1. The molecule has 3 N–H and O–H groups in total. The van der Waals surface area contributed by atoms with Crippen LogP contribution in [0, 0.1) is 12.7 Å². The van der Waals surface area contributed by atoms with Gasteiger partial charge in [0.05, 0.1) is 5.69 Å². The molecule has 0 heterocycles. The molecule has 0 saturated heterocycles. The Morgan fingerprint density at radius 3 is 2.41 bits per heavy atom. The van der Waals surface area contributed by atoms with Gasteiger partial charge in [-0.15, -0.1) is 0 Å². The normalized spacial score (nSPS) is 11.8. The maximum atomic E-state index is 13.8. The third-order valence-electron chi connectivity index (χ3n) is 4.34. The smallest absolute Gasteiger partial charge is 0.279 e. The molecule has 0 aliphatic carbocycles. The van der Waals surface area contributed by atoms with Crippen molar-refractivity contribution in [2.24, 2.45) is 0 Å². The maximum absolute atomic E-state index is 13.8. The van der Waals surface area contributed by atoms with E-state index in [1.54, 1.807) is 0 Å². The molecule has 0 fully saturated rings. The van der Waals surface area contributed by atoms with Crippen molar-refractivity contribution in [3.8, 4) is 0 Å². The molecule has 0 bridgehead atoms. The number of carbonyl (C=O) groups excluding carboxylic acids is 1. The summed E-state index contributed by atoms with van der Waals surface area (Å²) in [5, 5.41) is 4.90. The fraction of sp³-hybridized carbons (Fsp3) is 0.136. The van der Waals surface area contributed by atoms with Crippen LogP contribution in [0.4, 0.5) is 10.1 Å². The minimum Gasteiger partial charge on any atom is -0.328 e. The Morgan fingerprint density at radius 1 is 1.04 bits per heavy atom. The summed E-state index contributed by atoms with van der Waals surface area (Å²) < 4.78 is 13.8. The average Bonchev–Trinajstić information content (AvgIpc) is 2.67. The Morgan fingerprint density at radius 2 is 1.70 bits per heavy atom. The summed E-state index contributed by atoms with van der Waals surface area (Å²) in [7, 11) is 0. The lowest BCUT2D eigenvalue weighted by Crippen LogP contribution is -2.87. The number of quaternary nitrogens is 1. The number of nitrogens with two attached hydrogens (primary N) is 1. The summed E-state index contributed by atoms with van der Waals surface area (Å²) in [6.07, 6.45) is 0. The molecule has 0 saturated carbocycles. The molecule has 3 aromatic rings. The highest BCUT2D eigenvalue weighted by Gasteiger charge is 2.19. The van der Waals surface area contributed by atoms with Crippen LogP contribution < -0.4 is 10.6 Å². The number of halogens is 2. The zero-order chi connectivity index (χ0) is 19.2. The van der Waals surface area contributed by atoms with E-state index < -0.39 is 5.82 Å². The molecular weight excluding hydrogens is 363 g/mol. The zero-order valence-electron chi connectivity index (χ0n) is 15.0. The molecule has 0 aromatic heterocycles. The topological polar surface area (TPSA) is 45.7 Å². The first kappa shape index (κ1) is 19.1. The van der Waals surface area contributed by atoms with Crippen LogP contribution in [-0.4, -0.2) is 12.5 Å². The number of rotatable bonds is 6. The Labute approximate surface area is 163 Å². The van der Waals surface area contributed by atoms with Crippen molar-refractivity contribution in [1.82, 2.24) is 0 Å². The number of anilines is 1. The highest BCUT2D eigenvalue weighted by atomic mass is 35.5. The van der Waals surface area contributed by atoms with Crippen molar-refractivity contribution in [3.63, 3.8) is 0 Å². The van der Waals surface area contributed by atoms with Crippen molar-refractivity contribution in [1.29, 1.82) is 0 Å². The maximum Gasteiger partial charge on any atom is 0.279 e. The molecule has 3 aromatic carbocycles. The molecule has 3 nitrogen and oxygen atoms in total. The van der Waals surface area contributed by atoms with E-state index in [9.17, 15) is 9.18 Å². The van der Waals surface area contributed by atoms with Crippen LogP contribution in [0.25, 0.3) is 0 Å². The second-order valence-corrected chi connectivity index (χ2v) is 6.85. The minimum atomic E-state index is -0.508. The van der Waals surface area contributed by atoms with Gasteiger partial charge in [0.2, 0.25) is 0 Å². The van der Waals surface area contributed by atoms with Crippen LogP contribution in [-0.2, 0) is 4.79 Å². The monoisotopic (exact) mass is 383 g/mol. The summed E-state index contributed by atoms with van der Waals surface area (Å²) in [6, 6.07) is 22.3. The lowest BCUT2D eigenvalue weighted by molar-refractivity contribution is -0.676. The van der Waals surface area contributed by atoms with E-state index in [1.165, 1.54) is 23.8 Å². The number of hydrogen-bond donors (Lipinski definition) is 2. The van der Waals surface area contributed by atoms with Gasteiger partial charge in [0, 0.05) is 16.1 Å². The Hall–Kier alpha value is -2.69. The van der Waals surface area contributed by atoms with E-state index in [0.717, 1.165) is 11.1 Å². The molecule has 0 spiro atoms. The minimum absolute atomic E-state index is 0.0261. The third kappa shape index (κ3) is 5.16. The summed E-state index contributed by atoms with van der Waals surface area (Å²) in [5.74, 6) is -0.796. The van der Waals surface area contributed by atoms with Gasteiger partial charge < -0.3 is 10.6 Å². The van der Waals surface area contributed by atoms with Gasteiger partial charge in [-0.3, -0.25) is 4.79 Å². The number of hydrogen-bond acceptors (Lipinski definition) is 1. The van der Waals surface area contributed by atoms with Gasteiger partial charge >= 0.3 is 0 Å². The van der Waals surface area contributed by atoms with E-state index in [-0.39, 0.29) is 24.2 Å². The fourth-order valence-corrected chi connectivity index (χ4v) is 3.09. The van der Waals surface area contributed by atoms with Crippen molar-refractivity contribution in [2.75, 3.05) is 11.9 Å². The van der Waals surface area contributed by atoms with Crippen molar-refractivity contribution < 1.29 is 14.5 Å². The number of nitrogens with one attached hydrogen (secondary N) is 1. The molecule has 3 rings (SSSR count). The molecule has 0 unspecified atom stereocenters. The Bertz CT molecular complexity index is 913. The molecule has 138 valence electrons. The van der Waals surface area contributed by atoms with E-state index >= 15 is 0 Å². The van der Waals surface area contributed by atoms with Crippen molar-refractivity contribution >= 4 is 23.2 Å². The molecule has 0 aliphatic heterocycles. The SMILES string of the molecule is Cc1ccc([C@H]([NH2+]CC(=O)Nc2cc(Cl)ccc2F)c2ccccc2)cc1. The van der Waals surface area contributed by atoms with E-state index in [1.807, 2.05) is 42.6 Å². The van der Waals surface area contributed by atoms with Crippen LogP contribution in [0.2, 0.25) is 5.02 Å². The van der Waals surface area contributed by atoms with Gasteiger partial charge in [0.1, 0.15) is 11.9 Å². The Balaban J connectivity index is 1.73. The highest BCUT2D eigenvalue weighted by molar-refractivity contribution is 6.30. The lowest BCUT2D eigenvalue weighted by atomic mass is 9.98. The Kier molecular flexibility index (Phi) is 6.22. The zero-order valence-corrected chi connectivity index (χ0v) is 15.7. The van der Waals surface area contributed by atoms with Crippen LogP contribution in [0.15, 0.2) is 72.8 Å². The second-order valence-electron chi connectivity index (χ2n) is 6.41. The van der Waals surface area contributed by atoms with Crippen LogP contribution >= 0.6 is 11.6 Å². The van der Waals surface area contributed by atoms with Gasteiger partial charge in [0.15, 0.2) is 6.54 Å². The predicted molar refractivity (Wildman–Crippen MR) is 106 cm³/mol. The summed E-state index contributed by atoms with van der Waals surface area (Å²) >= 11 is 5.87. The average molecular weight is 384 g/mol. The first-order chi connectivity index (χ1) is 13.0. The van der Waals surface area contributed by atoms with Crippen LogP contribution in [0.3, 0.4) is 0 Å². The molecule has 1 amide bonds. The van der Waals surface area contributed by atoms with E-state index in [2.05, 4.69) is 29.6 Å². The van der Waals surface area contributed by atoms with Gasteiger partial charge in [-0.25, -0.2) is 4.39 Å². The highest BCUT2D eigenvalue weighted by Crippen LogP contribution is 2.20. The van der Waals surface area contributed by atoms with Gasteiger partial charge in [-0.05, 0) is 25.1 Å². The van der Waals surface area contributed by atoms with Crippen LogP contribution in [0.1, 0.15) is 22.7 Å². The second kappa shape index (κ2) is 8.80. The van der Waals surface area contributed by atoms with E-state index in [0.29, 0.717) is 5.02 Å². The summed E-state index contributed by atoms with van der Waals surface area (Å²) in [5.41, 5.74) is 3.48. The van der Waals surface area contributed by atoms with Crippen molar-refractivity contribution in [2.45, 2.75) is 13.0 Å². The molecule has 0 radical (unpaired) electrons. The number of benzene rings is 3. The fourth-order valence-electron chi connectivity index (χ4n) is 2.92.